The molecule has 0 fully saturated rings. The summed E-state index contributed by atoms with van der Waals surface area (Å²) in [5.41, 5.74) is 1.76. The molecule has 146 valence electrons. The van der Waals surface area contributed by atoms with Crippen LogP contribution < -0.4 is 5.76 Å². The van der Waals surface area contributed by atoms with Gasteiger partial charge in [-0.2, -0.15) is 5.10 Å². The van der Waals surface area contributed by atoms with Crippen LogP contribution in [-0.4, -0.2) is 21.2 Å². The van der Waals surface area contributed by atoms with Crippen LogP contribution in [0.3, 0.4) is 0 Å². The van der Waals surface area contributed by atoms with Gasteiger partial charge in [-0.25, -0.2) is 9.80 Å². The molecule has 1 atom stereocenters. The number of fused-ring (bicyclic) bond motifs is 1. The molecule has 0 radical (unpaired) electrons. The van der Waals surface area contributed by atoms with Gasteiger partial charge >= 0.3 is 5.76 Å². The molecule has 1 aromatic carbocycles. The van der Waals surface area contributed by atoms with Crippen molar-refractivity contribution in [2.24, 2.45) is 5.10 Å². The van der Waals surface area contributed by atoms with Crippen LogP contribution in [0.15, 0.2) is 67.5 Å². The largest absolute Gasteiger partial charge is 0.420 e. The average Bonchev–Trinajstić information content (AvgIpc) is 3.48. The lowest BCUT2D eigenvalue weighted by atomic mass is 10.1. The molecule has 0 spiro atoms. The summed E-state index contributed by atoms with van der Waals surface area (Å²) in [4.78, 5) is 27.6. The maximum Gasteiger partial charge on any atom is 0.420 e. The average molecular weight is 444 g/mol. The lowest BCUT2D eigenvalue weighted by molar-refractivity contribution is -0.133. The van der Waals surface area contributed by atoms with Gasteiger partial charge in [-0.05, 0) is 35.0 Å². The van der Waals surface area contributed by atoms with E-state index in [-0.39, 0.29) is 18.5 Å². The Morgan fingerprint density at radius 1 is 1.21 bits per heavy atom. The summed E-state index contributed by atoms with van der Waals surface area (Å²) in [6, 6.07) is 12.7. The first kappa shape index (κ1) is 18.4. The molecule has 0 unspecified atom stereocenters. The molecule has 3 aromatic heterocycles. The predicted molar refractivity (Wildman–Crippen MR) is 115 cm³/mol. The summed E-state index contributed by atoms with van der Waals surface area (Å²) in [5, 5.41) is 10.6. The van der Waals surface area contributed by atoms with Gasteiger partial charge in [-0.3, -0.25) is 9.36 Å². The van der Waals surface area contributed by atoms with Gasteiger partial charge in [0, 0.05) is 22.4 Å². The van der Waals surface area contributed by atoms with E-state index in [9.17, 15) is 9.59 Å². The molecule has 0 bridgehead atoms. The Morgan fingerprint density at radius 2 is 2.03 bits per heavy atom. The SMILES string of the molecule is O=C(Cn1c(=O)oc2cc(Cl)ccc21)N1N=C(c2cccs2)C[C@H]1c1cccs1. The van der Waals surface area contributed by atoms with Gasteiger partial charge in [0.15, 0.2) is 5.58 Å². The molecule has 4 aromatic rings. The van der Waals surface area contributed by atoms with Gasteiger partial charge in [0.2, 0.25) is 0 Å². The fourth-order valence-electron chi connectivity index (χ4n) is 3.43. The Bertz CT molecular complexity index is 1270. The minimum absolute atomic E-state index is 0.156. The molecule has 6 nitrogen and oxygen atoms in total. The van der Waals surface area contributed by atoms with E-state index in [1.54, 1.807) is 40.9 Å². The minimum atomic E-state index is -0.593. The molecule has 1 aliphatic heterocycles. The van der Waals surface area contributed by atoms with E-state index in [1.165, 1.54) is 9.58 Å². The molecule has 0 N–H and O–H groups in total. The Morgan fingerprint density at radius 3 is 2.79 bits per heavy atom. The third kappa shape index (κ3) is 3.33. The zero-order valence-corrected chi connectivity index (χ0v) is 17.3. The normalized spacial score (nSPS) is 16.5. The van der Waals surface area contributed by atoms with Gasteiger partial charge < -0.3 is 4.42 Å². The topological polar surface area (TPSA) is 67.8 Å². The quantitative estimate of drug-likeness (QED) is 0.457. The number of oxazole rings is 1. The first-order chi connectivity index (χ1) is 14.1. The summed E-state index contributed by atoms with van der Waals surface area (Å²) in [6.07, 6.45) is 0.642. The molecule has 4 heterocycles. The number of hydrogen-bond donors (Lipinski definition) is 0. The van der Waals surface area contributed by atoms with Crippen molar-refractivity contribution in [3.63, 3.8) is 0 Å². The van der Waals surface area contributed by atoms with Crippen molar-refractivity contribution >= 4 is 57.0 Å². The Balaban J connectivity index is 1.50. The molecule has 0 aliphatic carbocycles. The number of benzene rings is 1. The zero-order chi connectivity index (χ0) is 20.0. The molecular weight excluding hydrogens is 430 g/mol. The zero-order valence-electron chi connectivity index (χ0n) is 14.9. The number of hydrazone groups is 1. The number of thiophene rings is 2. The van der Waals surface area contributed by atoms with Gasteiger partial charge in [-0.15, -0.1) is 22.7 Å². The summed E-state index contributed by atoms with van der Waals surface area (Å²) in [5.74, 6) is -0.861. The molecule has 5 rings (SSSR count). The summed E-state index contributed by atoms with van der Waals surface area (Å²) in [7, 11) is 0. The van der Waals surface area contributed by atoms with Crippen molar-refractivity contribution in [3.05, 3.63) is 78.6 Å². The van der Waals surface area contributed by atoms with E-state index in [0.29, 0.717) is 22.5 Å². The third-order valence-corrected chi connectivity index (χ3v) is 6.89. The van der Waals surface area contributed by atoms with Crippen LogP contribution in [0.2, 0.25) is 5.02 Å². The molecule has 0 saturated carbocycles. The first-order valence-electron chi connectivity index (χ1n) is 8.86. The van der Waals surface area contributed by atoms with Crippen LogP contribution >= 0.6 is 34.3 Å². The van der Waals surface area contributed by atoms with E-state index in [1.807, 2.05) is 35.0 Å². The fraction of sp³-hybridized carbons (Fsp3) is 0.150. The van der Waals surface area contributed by atoms with Crippen molar-refractivity contribution in [3.8, 4) is 0 Å². The van der Waals surface area contributed by atoms with Gasteiger partial charge in [0.05, 0.1) is 22.1 Å². The lowest BCUT2D eigenvalue weighted by Gasteiger charge is -2.20. The second kappa shape index (κ2) is 7.29. The molecule has 0 saturated heterocycles. The fourth-order valence-corrected chi connectivity index (χ4v) is 5.13. The van der Waals surface area contributed by atoms with Crippen LogP contribution in [0.5, 0.6) is 0 Å². The monoisotopic (exact) mass is 443 g/mol. The summed E-state index contributed by atoms with van der Waals surface area (Å²) >= 11 is 9.16. The standard InChI is InChI=1S/C20H14ClN3O3S2/c21-12-5-6-14-16(9-12)27-20(26)23(14)11-19(25)24-15(18-4-2-8-29-18)10-13(22-24)17-3-1-7-28-17/h1-9,15H,10-11H2/t15-/m0/s1. The highest BCUT2D eigenvalue weighted by Crippen LogP contribution is 2.36. The smallest absolute Gasteiger partial charge is 0.408 e. The lowest BCUT2D eigenvalue weighted by Crippen LogP contribution is -2.32. The number of nitrogens with zero attached hydrogens (tertiary/aromatic N) is 3. The molecule has 29 heavy (non-hydrogen) atoms. The van der Waals surface area contributed by atoms with Crippen molar-refractivity contribution in [1.29, 1.82) is 0 Å². The van der Waals surface area contributed by atoms with Gasteiger partial charge in [0.25, 0.3) is 5.91 Å². The van der Waals surface area contributed by atoms with E-state index in [0.717, 1.165) is 15.5 Å². The third-order valence-electron chi connectivity index (χ3n) is 4.77. The highest BCUT2D eigenvalue weighted by Gasteiger charge is 2.34. The van der Waals surface area contributed by atoms with E-state index >= 15 is 0 Å². The van der Waals surface area contributed by atoms with Gasteiger partial charge in [0.1, 0.15) is 6.54 Å². The summed E-state index contributed by atoms with van der Waals surface area (Å²) < 4.78 is 6.56. The number of amides is 1. The number of carbonyl (C=O) groups excluding carboxylic acids is 1. The van der Waals surface area contributed by atoms with Crippen LogP contribution in [-0.2, 0) is 11.3 Å². The number of carbonyl (C=O) groups is 1. The maximum atomic E-state index is 13.2. The molecule has 9 heteroatoms. The van der Waals surface area contributed by atoms with Gasteiger partial charge in [-0.1, -0.05) is 23.7 Å². The van der Waals surface area contributed by atoms with E-state index in [2.05, 4.69) is 5.10 Å². The maximum absolute atomic E-state index is 13.2. The minimum Gasteiger partial charge on any atom is -0.408 e. The number of aromatic nitrogens is 1. The van der Waals surface area contributed by atoms with E-state index in [4.69, 9.17) is 16.0 Å². The predicted octanol–water partition coefficient (Wildman–Crippen LogP) is 4.75. The number of halogens is 1. The Hall–Kier alpha value is -2.68. The van der Waals surface area contributed by atoms with Crippen molar-refractivity contribution in [2.75, 3.05) is 0 Å². The Kier molecular flexibility index (Phi) is 4.61. The Labute approximate surface area is 178 Å². The van der Waals surface area contributed by atoms with Crippen LogP contribution in [0.4, 0.5) is 0 Å². The van der Waals surface area contributed by atoms with Crippen molar-refractivity contribution < 1.29 is 9.21 Å². The van der Waals surface area contributed by atoms with Crippen LogP contribution in [0.1, 0.15) is 22.2 Å². The molecule has 1 amide bonds. The van der Waals surface area contributed by atoms with E-state index < -0.39 is 5.76 Å². The van der Waals surface area contributed by atoms with Crippen molar-refractivity contribution in [2.45, 2.75) is 19.0 Å². The second-order valence-corrected chi connectivity index (χ2v) is 8.93. The highest BCUT2D eigenvalue weighted by molar-refractivity contribution is 7.12. The highest BCUT2D eigenvalue weighted by atomic mass is 35.5. The first-order valence-corrected chi connectivity index (χ1v) is 11.0. The number of rotatable bonds is 4. The molecular formula is C20H14ClN3O3S2. The van der Waals surface area contributed by atoms with Crippen LogP contribution in [0.25, 0.3) is 11.1 Å². The summed E-state index contributed by atoms with van der Waals surface area (Å²) in [6.45, 7) is -0.156. The molecule has 1 aliphatic rings. The second-order valence-electron chi connectivity index (χ2n) is 6.56. The number of hydrogen-bond acceptors (Lipinski definition) is 6. The van der Waals surface area contributed by atoms with Crippen LogP contribution in [0, 0.1) is 0 Å². The van der Waals surface area contributed by atoms with Crippen molar-refractivity contribution in [1.82, 2.24) is 9.58 Å².